The Morgan fingerprint density at radius 2 is 1.57 bits per heavy atom. The highest BCUT2D eigenvalue weighted by Crippen LogP contribution is 2.64. The quantitative estimate of drug-likeness (QED) is 0.133. The Balaban J connectivity index is 1.35. The van der Waals surface area contributed by atoms with Crippen LogP contribution in [-0.2, 0) is 24.6 Å². The Bertz CT molecular complexity index is 2080. The molecule has 0 spiro atoms. The molecule has 8 rings (SSSR count). The molecule has 2 aliphatic heterocycles. The molecule has 49 heavy (non-hydrogen) atoms. The number of imide groups is 2. The van der Waals surface area contributed by atoms with Gasteiger partial charge in [-0.3, -0.25) is 24.1 Å². The first-order chi connectivity index (χ1) is 23.7. The van der Waals surface area contributed by atoms with Gasteiger partial charge in [0, 0.05) is 14.5 Å². The topological polar surface area (TPSA) is 104 Å². The molecule has 8 nitrogen and oxygen atoms in total. The molecule has 4 aromatic carbocycles. The SMILES string of the molecule is COc1ccc([C@H]2C3=CC[C@@H]4C(=O)N(c5ccc(I)cc5)C(=O)[C@@H]4[C@@H]3C[C@H]3C(=O)N(c4cccc(Cl)c4)C(=O)[C@@]23c2ccccc2)cc1O. The van der Waals surface area contributed by atoms with Crippen molar-refractivity contribution in [3.8, 4) is 11.5 Å². The highest BCUT2D eigenvalue weighted by atomic mass is 127. The van der Waals surface area contributed by atoms with E-state index in [1.165, 1.54) is 16.9 Å². The maximum absolute atomic E-state index is 15.3. The summed E-state index contributed by atoms with van der Waals surface area (Å²) in [6.45, 7) is 0. The van der Waals surface area contributed by atoms with Crippen molar-refractivity contribution >= 4 is 69.2 Å². The van der Waals surface area contributed by atoms with Gasteiger partial charge in [-0.05, 0) is 107 Å². The predicted octanol–water partition coefficient (Wildman–Crippen LogP) is 7.03. The van der Waals surface area contributed by atoms with E-state index in [1.54, 1.807) is 54.6 Å². The lowest BCUT2D eigenvalue weighted by molar-refractivity contribution is -0.127. The van der Waals surface area contributed by atoms with Crippen LogP contribution in [0.3, 0.4) is 0 Å². The zero-order chi connectivity index (χ0) is 34.2. The van der Waals surface area contributed by atoms with E-state index in [4.69, 9.17) is 16.3 Å². The van der Waals surface area contributed by atoms with Crippen molar-refractivity contribution in [3.63, 3.8) is 0 Å². The van der Waals surface area contributed by atoms with E-state index in [1.807, 2.05) is 48.5 Å². The van der Waals surface area contributed by atoms with Gasteiger partial charge in [0.2, 0.25) is 23.6 Å². The van der Waals surface area contributed by atoms with Crippen LogP contribution in [0, 0.1) is 27.2 Å². The van der Waals surface area contributed by atoms with Gasteiger partial charge in [-0.15, -0.1) is 0 Å². The van der Waals surface area contributed by atoms with E-state index >= 15 is 4.79 Å². The van der Waals surface area contributed by atoms with E-state index < -0.39 is 46.8 Å². The molecule has 0 bridgehead atoms. The summed E-state index contributed by atoms with van der Waals surface area (Å²) in [5.74, 6) is -4.73. The predicted molar refractivity (Wildman–Crippen MR) is 192 cm³/mol. The minimum Gasteiger partial charge on any atom is -0.504 e. The lowest BCUT2D eigenvalue weighted by Crippen LogP contribution is -2.53. The largest absolute Gasteiger partial charge is 0.504 e. The number of phenols is 1. The maximum atomic E-state index is 15.3. The van der Waals surface area contributed by atoms with E-state index in [9.17, 15) is 19.5 Å². The number of fused-ring (bicyclic) bond motifs is 4. The summed E-state index contributed by atoms with van der Waals surface area (Å²) in [6, 6.07) is 28.2. The number of allylic oxidation sites excluding steroid dienone is 2. The van der Waals surface area contributed by atoms with Crippen LogP contribution in [0.5, 0.6) is 11.5 Å². The first-order valence-corrected chi connectivity index (χ1v) is 17.5. The summed E-state index contributed by atoms with van der Waals surface area (Å²) < 4.78 is 6.34. The molecule has 2 saturated heterocycles. The van der Waals surface area contributed by atoms with Crippen LogP contribution < -0.4 is 14.5 Å². The Hall–Kier alpha value is -4.48. The number of aromatic hydroxyl groups is 1. The van der Waals surface area contributed by atoms with Crippen molar-refractivity contribution in [3.05, 3.63) is 128 Å². The van der Waals surface area contributed by atoms with Crippen LogP contribution >= 0.6 is 34.2 Å². The van der Waals surface area contributed by atoms with Crippen LogP contribution in [-0.4, -0.2) is 35.8 Å². The number of phenolic OH excluding ortho intramolecular Hbond substituents is 1. The fourth-order valence-electron chi connectivity index (χ4n) is 8.85. The van der Waals surface area contributed by atoms with E-state index in [0.717, 1.165) is 9.14 Å². The number of amides is 4. The summed E-state index contributed by atoms with van der Waals surface area (Å²) >= 11 is 8.56. The summed E-state index contributed by atoms with van der Waals surface area (Å²) in [6.07, 6.45) is 2.49. The van der Waals surface area contributed by atoms with Gasteiger partial charge in [-0.2, -0.15) is 0 Å². The van der Waals surface area contributed by atoms with Crippen molar-refractivity contribution in [2.75, 3.05) is 16.9 Å². The number of nitrogens with zero attached hydrogens (tertiary/aromatic N) is 2. The summed E-state index contributed by atoms with van der Waals surface area (Å²) in [5.41, 5.74) is 1.50. The van der Waals surface area contributed by atoms with Gasteiger partial charge in [0.05, 0.1) is 41.7 Å². The second-order valence-electron chi connectivity index (χ2n) is 13.0. The summed E-state index contributed by atoms with van der Waals surface area (Å²) in [4.78, 5) is 61.0. The van der Waals surface area contributed by atoms with Crippen LogP contribution in [0.2, 0.25) is 5.02 Å². The van der Waals surface area contributed by atoms with Crippen LogP contribution in [0.25, 0.3) is 0 Å². The third-order valence-corrected chi connectivity index (χ3v) is 11.7. The highest BCUT2D eigenvalue weighted by molar-refractivity contribution is 14.1. The van der Waals surface area contributed by atoms with E-state index in [2.05, 4.69) is 22.6 Å². The van der Waals surface area contributed by atoms with Gasteiger partial charge in [-0.25, -0.2) is 4.90 Å². The number of rotatable bonds is 5. The highest BCUT2D eigenvalue weighted by Gasteiger charge is 2.70. The van der Waals surface area contributed by atoms with Crippen molar-refractivity contribution < 1.29 is 29.0 Å². The number of hydrogen-bond donors (Lipinski definition) is 1. The zero-order valence-electron chi connectivity index (χ0n) is 26.3. The van der Waals surface area contributed by atoms with Gasteiger partial charge in [0.1, 0.15) is 0 Å². The van der Waals surface area contributed by atoms with E-state index in [0.29, 0.717) is 33.9 Å². The molecule has 1 saturated carbocycles. The molecule has 6 atom stereocenters. The van der Waals surface area contributed by atoms with Crippen molar-refractivity contribution in [1.82, 2.24) is 0 Å². The molecule has 1 N–H and O–H groups in total. The Labute approximate surface area is 301 Å². The van der Waals surface area contributed by atoms with Crippen molar-refractivity contribution in [2.45, 2.75) is 24.2 Å². The number of anilines is 2. The number of ether oxygens (including phenoxy) is 1. The lowest BCUT2D eigenvalue weighted by atomic mass is 9.49. The Morgan fingerprint density at radius 1 is 0.816 bits per heavy atom. The van der Waals surface area contributed by atoms with Crippen molar-refractivity contribution in [2.24, 2.45) is 23.7 Å². The fraction of sp³-hybridized carbons (Fsp3) is 0.231. The first-order valence-electron chi connectivity index (χ1n) is 16.1. The van der Waals surface area contributed by atoms with Gasteiger partial charge < -0.3 is 9.84 Å². The van der Waals surface area contributed by atoms with Crippen LogP contribution in [0.1, 0.15) is 29.9 Å². The fourth-order valence-corrected chi connectivity index (χ4v) is 9.39. The second-order valence-corrected chi connectivity index (χ2v) is 14.7. The average Bonchev–Trinajstić information content (AvgIpc) is 3.49. The zero-order valence-corrected chi connectivity index (χ0v) is 29.2. The number of methoxy groups -OCH3 is 1. The molecule has 2 aliphatic carbocycles. The van der Waals surface area contributed by atoms with Gasteiger partial charge >= 0.3 is 0 Å². The third-order valence-electron chi connectivity index (χ3n) is 10.8. The molecular formula is C39H30ClIN2O6. The molecule has 4 amide bonds. The van der Waals surface area contributed by atoms with Gasteiger partial charge in [0.15, 0.2) is 11.5 Å². The Kier molecular flexibility index (Phi) is 7.68. The van der Waals surface area contributed by atoms with Gasteiger partial charge in [0.25, 0.3) is 0 Å². The average molecular weight is 785 g/mol. The van der Waals surface area contributed by atoms with Crippen LogP contribution in [0.4, 0.5) is 11.4 Å². The number of carbonyl (C=O) groups excluding carboxylic acids is 4. The number of carbonyl (C=O) groups is 4. The Morgan fingerprint density at radius 3 is 2.27 bits per heavy atom. The number of halogens is 2. The molecule has 4 aromatic rings. The third kappa shape index (κ3) is 4.61. The van der Waals surface area contributed by atoms with Crippen molar-refractivity contribution in [1.29, 1.82) is 0 Å². The molecule has 2 heterocycles. The molecule has 0 radical (unpaired) electrons. The second kappa shape index (κ2) is 11.8. The van der Waals surface area contributed by atoms with E-state index in [-0.39, 0.29) is 29.7 Å². The molecule has 4 aliphatic rings. The number of benzene rings is 4. The normalized spacial score (nSPS) is 27.5. The lowest BCUT2D eigenvalue weighted by Gasteiger charge is -2.50. The van der Waals surface area contributed by atoms with Crippen LogP contribution in [0.15, 0.2) is 109 Å². The smallest absolute Gasteiger partial charge is 0.246 e. The van der Waals surface area contributed by atoms with Gasteiger partial charge in [-0.1, -0.05) is 65.7 Å². The maximum Gasteiger partial charge on any atom is 0.246 e. The summed E-state index contributed by atoms with van der Waals surface area (Å²) in [5, 5.41) is 11.4. The molecule has 0 unspecified atom stereocenters. The molecule has 0 aromatic heterocycles. The number of hydrogen-bond acceptors (Lipinski definition) is 6. The molecule has 10 heteroatoms. The summed E-state index contributed by atoms with van der Waals surface area (Å²) in [7, 11) is 1.46. The minimum absolute atomic E-state index is 0.114. The molecule has 3 fully saturated rings. The molecule has 246 valence electrons. The first kappa shape index (κ1) is 31.8. The standard InChI is InChI=1S/C39H30ClIN2O6/c1-49-32-17-10-21(18-31(32)44)34-27-15-16-28-33(37(47)42(35(28)45)25-13-11-24(41)12-14-25)29(27)20-30-36(46)43(26-9-5-8-23(40)19-26)38(48)39(30,34)22-6-3-2-4-7-22/h2-15,17-19,28-30,33-34,44H,16,20H2,1H3/t28-,29+,30-,33-,34-,39+/m0/s1. The molecular weight excluding hydrogens is 755 g/mol. The monoisotopic (exact) mass is 784 g/mol. The minimum atomic E-state index is -1.43.